The Hall–Kier alpha value is 0.690. The summed E-state index contributed by atoms with van der Waals surface area (Å²) in [7, 11) is 0. The molecule has 1 saturated heterocycles. The van der Waals surface area contributed by atoms with Crippen LogP contribution in [0.15, 0.2) is 0 Å². The van der Waals surface area contributed by atoms with Crippen molar-refractivity contribution in [2.75, 3.05) is 13.1 Å². The van der Waals surface area contributed by atoms with Crippen molar-refractivity contribution in [3.05, 3.63) is 0 Å². The lowest BCUT2D eigenvalue weighted by atomic mass is 9.89. The highest BCUT2D eigenvalue weighted by atomic mass is 127. The van der Waals surface area contributed by atoms with Crippen molar-refractivity contribution >= 4 is 22.9 Å². The summed E-state index contributed by atoms with van der Waals surface area (Å²) in [4.78, 5) is 0. The molecule has 0 bridgehead atoms. The Kier molecular flexibility index (Phi) is 3.43. The van der Waals surface area contributed by atoms with Crippen LogP contribution in [0.1, 0.15) is 26.7 Å². The predicted octanol–water partition coefficient (Wildman–Crippen LogP) is 2.70. The Balaban J connectivity index is 2.32. The zero-order valence-corrected chi connectivity index (χ0v) is 8.97. The number of rotatable bonds is 1. The highest BCUT2D eigenvalue weighted by Gasteiger charge is 2.20. The van der Waals surface area contributed by atoms with Gasteiger partial charge in [0.1, 0.15) is 0 Å². The zero-order chi connectivity index (χ0) is 7.56. The molecule has 1 fully saturated rings. The van der Waals surface area contributed by atoms with Crippen LogP contribution >= 0.6 is 22.9 Å². The Labute approximate surface area is 77.7 Å². The average molecular weight is 253 g/mol. The van der Waals surface area contributed by atoms with Crippen molar-refractivity contribution in [1.29, 1.82) is 0 Å². The van der Waals surface area contributed by atoms with Crippen LogP contribution in [0.5, 0.6) is 0 Å². The van der Waals surface area contributed by atoms with E-state index >= 15 is 0 Å². The number of halogens is 1. The van der Waals surface area contributed by atoms with Crippen LogP contribution in [-0.2, 0) is 0 Å². The van der Waals surface area contributed by atoms with Gasteiger partial charge >= 0.3 is 0 Å². The maximum Gasteiger partial charge on any atom is 0.0201 e. The summed E-state index contributed by atoms with van der Waals surface area (Å²) < 4.78 is 2.42. The van der Waals surface area contributed by atoms with Crippen molar-refractivity contribution in [1.82, 2.24) is 3.11 Å². The summed E-state index contributed by atoms with van der Waals surface area (Å²) in [5, 5.41) is 0. The maximum absolute atomic E-state index is 2.44. The van der Waals surface area contributed by atoms with Crippen LogP contribution in [0.2, 0.25) is 0 Å². The number of nitrogens with zero attached hydrogens (tertiary/aromatic N) is 1. The van der Waals surface area contributed by atoms with Gasteiger partial charge in [0.2, 0.25) is 0 Å². The lowest BCUT2D eigenvalue weighted by Gasteiger charge is -2.30. The highest BCUT2D eigenvalue weighted by molar-refractivity contribution is 14.1. The van der Waals surface area contributed by atoms with Gasteiger partial charge in [0, 0.05) is 36.0 Å². The van der Waals surface area contributed by atoms with Gasteiger partial charge in [-0.05, 0) is 24.7 Å². The molecule has 1 aliphatic heterocycles. The summed E-state index contributed by atoms with van der Waals surface area (Å²) in [6.07, 6.45) is 2.84. The standard InChI is InChI=1S/C8H16IN/c1-7(2)8-4-3-5-10(9)6-8/h7-8H,3-6H2,1-2H3/t8-/m1/s1. The average Bonchev–Trinajstić information content (AvgIpc) is 1.88. The van der Waals surface area contributed by atoms with Gasteiger partial charge in [0.25, 0.3) is 0 Å². The largest absolute Gasteiger partial charge is 0.247 e. The SMILES string of the molecule is CC(C)[C@@H]1CCCN(I)C1. The molecule has 0 spiro atoms. The normalized spacial score (nSPS) is 29.4. The molecular weight excluding hydrogens is 237 g/mol. The van der Waals surface area contributed by atoms with E-state index < -0.39 is 0 Å². The molecule has 1 nitrogen and oxygen atoms in total. The molecule has 2 heteroatoms. The third-order valence-corrected chi connectivity index (χ3v) is 3.23. The molecule has 1 atom stereocenters. The van der Waals surface area contributed by atoms with E-state index in [0.717, 1.165) is 11.8 Å². The molecule has 1 rings (SSSR count). The van der Waals surface area contributed by atoms with Gasteiger partial charge in [-0.3, -0.25) is 0 Å². The topological polar surface area (TPSA) is 3.24 Å². The molecule has 0 radical (unpaired) electrons. The van der Waals surface area contributed by atoms with Crippen LogP contribution in [0.25, 0.3) is 0 Å². The molecule has 1 aliphatic rings. The fraction of sp³-hybridized carbons (Fsp3) is 1.00. The molecule has 1 heterocycles. The van der Waals surface area contributed by atoms with Crippen molar-refractivity contribution in [2.45, 2.75) is 26.7 Å². The third-order valence-electron chi connectivity index (χ3n) is 2.35. The first-order valence-corrected chi connectivity index (χ1v) is 5.07. The number of hydrogen-bond donors (Lipinski definition) is 0. The molecule has 10 heavy (non-hydrogen) atoms. The lowest BCUT2D eigenvalue weighted by Crippen LogP contribution is -2.30. The molecule has 0 aromatic heterocycles. The molecule has 0 unspecified atom stereocenters. The van der Waals surface area contributed by atoms with Crippen molar-refractivity contribution < 1.29 is 0 Å². The van der Waals surface area contributed by atoms with Gasteiger partial charge in [-0.2, -0.15) is 0 Å². The van der Waals surface area contributed by atoms with Gasteiger partial charge in [-0.1, -0.05) is 13.8 Å². The van der Waals surface area contributed by atoms with Gasteiger partial charge in [-0.25, -0.2) is 3.11 Å². The van der Waals surface area contributed by atoms with E-state index in [1.807, 2.05) is 0 Å². The Bertz CT molecular complexity index is 103. The van der Waals surface area contributed by atoms with Gasteiger partial charge in [-0.15, -0.1) is 0 Å². The van der Waals surface area contributed by atoms with E-state index in [9.17, 15) is 0 Å². The Morgan fingerprint density at radius 1 is 1.50 bits per heavy atom. The Morgan fingerprint density at radius 3 is 2.60 bits per heavy atom. The van der Waals surface area contributed by atoms with Gasteiger partial charge in [0.15, 0.2) is 0 Å². The van der Waals surface area contributed by atoms with Crippen LogP contribution < -0.4 is 0 Å². The molecule has 0 aliphatic carbocycles. The summed E-state index contributed by atoms with van der Waals surface area (Å²) in [5.74, 6) is 1.82. The van der Waals surface area contributed by atoms with Gasteiger partial charge < -0.3 is 0 Å². The first-order chi connectivity index (χ1) is 4.70. The minimum Gasteiger partial charge on any atom is -0.247 e. The van der Waals surface area contributed by atoms with Gasteiger partial charge in [0.05, 0.1) is 0 Å². The fourth-order valence-corrected chi connectivity index (χ4v) is 2.35. The minimum atomic E-state index is 0.873. The minimum absolute atomic E-state index is 0.873. The molecule has 0 aromatic rings. The second-order valence-electron chi connectivity index (χ2n) is 3.52. The fourth-order valence-electron chi connectivity index (χ4n) is 1.51. The molecule has 0 amide bonds. The number of piperidine rings is 1. The monoisotopic (exact) mass is 253 g/mol. The predicted molar refractivity (Wildman–Crippen MR) is 53.2 cm³/mol. The highest BCUT2D eigenvalue weighted by Crippen LogP contribution is 2.24. The van der Waals surface area contributed by atoms with Crippen LogP contribution in [0, 0.1) is 11.8 Å². The number of hydrogen-bond acceptors (Lipinski definition) is 1. The Morgan fingerprint density at radius 2 is 2.20 bits per heavy atom. The van der Waals surface area contributed by atoms with Crippen LogP contribution in [0.3, 0.4) is 0 Å². The molecule has 0 saturated carbocycles. The summed E-state index contributed by atoms with van der Waals surface area (Å²) in [6, 6.07) is 0. The van der Waals surface area contributed by atoms with E-state index in [4.69, 9.17) is 0 Å². The first-order valence-electron chi connectivity index (χ1n) is 4.11. The van der Waals surface area contributed by atoms with Crippen molar-refractivity contribution in [3.8, 4) is 0 Å². The molecule has 0 aromatic carbocycles. The maximum atomic E-state index is 2.44. The van der Waals surface area contributed by atoms with Crippen molar-refractivity contribution in [2.24, 2.45) is 11.8 Å². The molecular formula is C8H16IN. The quantitative estimate of drug-likeness (QED) is 0.513. The summed E-state index contributed by atoms with van der Waals surface area (Å²) in [5.41, 5.74) is 0. The first kappa shape index (κ1) is 8.78. The van der Waals surface area contributed by atoms with Crippen molar-refractivity contribution in [3.63, 3.8) is 0 Å². The summed E-state index contributed by atoms with van der Waals surface area (Å²) >= 11 is 2.44. The lowest BCUT2D eigenvalue weighted by molar-refractivity contribution is 0.244. The third kappa shape index (κ3) is 2.38. The van der Waals surface area contributed by atoms with Crippen LogP contribution in [0.4, 0.5) is 0 Å². The van der Waals surface area contributed by atoms with E-state index in [2.05, 4.69) is 39.8 Å². The van der Waals surface area contributed by atoms with E-state index in [0.29, 0.717) is 0 Å². The second kappa shape index (κ2) is 3.90. The smallest absolute Gasteiger partial charge is 0.0201 e. The zero-order valence-electron chi connectivity index (χ0n) is 6.81. The van der Waals surface area contributed by atoms with E-state index in [1.54, 1.807) is 0 Å². The summed E-state index contributed by atoms with van der Waals surface area (Å²) in [6.45, 7) is 7.27. The van der Waals surface area contributed by atoms with Crippen LogP contribution in [-0.4, -0.2) is 16.2 Å². The second-order valence-corrected chi connectivity index (χ2v) is 4.88. The van der Waals surface area contributed by atoms with E-state index in [1.165, 1.54) is 25.9 Å². The molecule has 0 N–H and O–H groups in total. The van der Waals surface area contributed by atoms with E-state index in [-0.39, 0.29) is 0 Å². The molecule has 60 valence electrons.